The third-order valence-electron chi connectivity index (χ3n) is 6.74. The van der Waals surface area contributed by atoms with Crippen LogP contribution in [0.2, 0.25) is 0 Å². The molecule has 150 valence electrons. The van der Waals surface area contributed by atoms with Crippen LogP contribution in [-0.4, -0.2) is 22.8 Å². The molecule has 2 atom stereocenters. The Balaban J connectivity index is 1.59. The van der Waals surface area contributed by atoms with Crippen LogP contribution in [-0.2, 0) is 6.42 Å². The summed E-state index contributed by atoms with van der Waals surface area (Å²) in [4.78, 5) is 11.4. The molecule has 5 heteroatoms. The fourth-order valence-corrected chi connectivity index (χ4v) is 5.24. The highest BCUT2D eigenvalue weighted by molar-refractivity contribution is 6.07. The zero-order chi connectivity index (χ0) is 20.8. The molecule has 0 aromatic heterocycles. The number of anilines is 1. The number of hydrogen-bond acceptors (Lipinski definition) is 4. The number of rotatable bonds is 3. The van der Waals surface area contributed by atoms with E-state index in [4.69, 9.17) is 5.10 Å². The molecule has 1 aliphatic heterocycles. The van der Waals surface area contributed by atoms with E-state index in [2.05, 4.69) is 29.3 Å². The Kier molecular flexibility index (Phi) is 4.43. The molecule has 5 rings (SSSR count). The van der Waals surface area contributed by atoms with Crippen molar-refractivity contribution < 1.29 is 9.90 Å². The topological polar surface area (TPSA) is 76.7 Å². The standard InChI is InChI=1S/C25H23N3O2/c1-15-12-20(9-6-19(15)14-26)28-24(16-4-2-3-5-16)22-11-7-17-13-18(25(29)30)8-10-21(17)23(22)27-28/h2-3,6,8-10,12-13,16,22,24H,4-5,7,11H2,1H3,(H,29,30). The molecule has 0 radical (unpaired) electrons. The summed E-state index contributed by atoms with van der Waals surface area (Å²) in [7, 11) is 0. The van der Waals surface area contributed by atoms with Gasteiger partial charge in [0.15, 0.2) is 0 Å². The number of carboxylic acid groups (broad SMARTS) is 1. The van der Waals surface area contributed by atoms with Gasteiger partial charge in [0.05, 0.1) is 34.6 Å². The van der Waals surface area contributed by atoms with Gasteiger partial charge in [0.1, 0.15) is 0 Å². The summed E-state index contributed by atoms with van der Waals surface area (Å²) in [6.45, 7) is 1.97. The average Bonchev–Trinajstić information content (AvgIpc) is 3.40. The summed E-state index contributed by atoms with van der Waals surface area (Å²) in [6, 6.07) is 13.9. The van der Waals surface area contributed by atoms with Crippen molar-refractivity contribution in [3.8, 4) is 6.07 Å². The number of nitrogens with zero attached hydrogens (tertiary/aromatic N) is 3. The van der Waals surface area contributed by atoms with Crippen LogP contribution < -0.4 is 5.01 Å². The molecule has 1 N–H and O–H groups in total. The molecule has 2 aromatic rings. The van der Waals surface area contributed by atoms with E-state index in [1.54, 1.807) is 12.1 Å². The summed E-state index contributed by atoms with van der Waals surface area (Å²) in [5.74, 6) is -0.0565. The van der Waals surface area contributed by atoms with Crippen molar-refractivity contribution in [1.82, 2.24) is 0 Å². The second-order valence-corrected chi connectivity index (χ2v) is 8.46. The summed E-state index contributed by atoms with van der Waals surface area (Å²) >= 11 is 0. The number of carboxylic acids is 1. The van der Waals surface area contributed by atoms with Gasteiger partial charge >= 0.3 is 5.97 Å². The Labute approximate surface area is 175 Å². The molecule has 30 heavy (non-hydrogen) atoms. The second kappa shape index (κ2) is 7.14. The first-order chi connectivity index (χ1) is 14.6. The molecule has 0 amide bonds. The zero-order valence-corrected chi connectivity index (χ0v) is 16.9. The number of aryl methyl sites for hydroxylation is 2. The normalized spacial score (nSPS) is 22.4. The van der Waals surface area contributed by atoms with Crippen molar-refractivity contribution in [2.45, 2.75) is 38.6 Å². The van der Waals surface area contributed by atoms with E-state index in [9.17, 15) is 15.2 Å². The molecule has 2 aliphatic carbocycles. The van der Waals surface area contributed by atoms with Crippen LogP contribution in [0.4, 0.5) is 5.69 Å². The maximum absolute atomic E-state index is 11.4. The first-order valence-corrected chi connectivity index (χ1v) is 10.5. The molecule has 1 heterocycles. The Morgan fingerprint density at radius 1 is 1.20 bits per heavy atom. The molecular weight excluding hydrogens is 374 g/mol. The number of hydrogen-bond donors (Lipinski definition) is 1. The number of hydrazone groups is 1. The van der Waals surface area contributed by atoms with Crippen LogP contribution in [0.1, 0.15) is 51.9 Å². The van der Waals surface area contributed by atoms with Crippen LogP contribution >= 0.6 is 0 Å². The quantitative estimate of drug-likeness (QED) is 0.763. The monoisotopic (exact) mass is 397 g/mol. The molecule has 0 bridgehead atoms. The van der Waals surface area contributed by atoms with Crippen molar-refractivity contribution in [1.29, 1.82) is 5.26 Å². The van der Waals surface area contributed by atoms with Crippen molar-refractivity contribution >= 4 is 17.4 Å². The minimum Gasteiger partial charge on any atom is -0.478 e. The van der Waals surface area contributed by atoms with Gasteiger partial charge in [-0.3, -0.25) is 5.01 Å². The van der Waals surface area contributed by atoms with E-state index in [1.165, 1.54) is 0 Å². The van der Waals surface area contributed by atoms with Crippen LogP contribution in [0.5, 0.6) is 0 Å². The molecule has 2 unspecified atom stereocenters. The second-order valence-electron chi connectivity index (χ2n) is 8.46. The van der Waals surface area contributed by atoms with Crippen LogP contribution in [0.15, 0.2) is 53.7 Å². The van der Waals surface area contributed by atoms with E-state index in [1.807, 2.05) is 25.1 Å². The first kappa shape index (κ1) is 18.6. The van der Waals surface area contributed by atoms with E-state index in [-0.39, 0.29) is 6.04 Å². The zero-order valence-electron chi connectivity index (χ0n) is 16.9. The lowest BCUT2D eigenvalue weighted by Crippen LogP contribution is -2.40. The van der Waals surface area contributed by atoms with Crippen molar-refractivity contribution in [2.24, 2.45) is 16.9 Å². The largest absolute Gasteiger partial charge is 0.478 e. The number of allylic oxidation sites excluding steroid dienone is 2. The molecule has 2 aromatic carbocycles. The fourth-order valence-electron chi connectivity index (χ4n) is 5.24. The summed E-state index contributed by atoms with van der Waals surface area (Å²) in [5, 5.41) is 25.9. The lowest BCUT2D eigenvalue weighted by Gasteiger charge is -2.34. The summed E-state index contributed by atoms with van der Waals surface area (Å²) in [5.41, 5.74) is 6.24. The van der Waals surface area contributed by atoms with Crippen molar-refractivity contribution in [3.63, 3.8) is 0 Å². The average molecular weight is 397 g/mol. The number of carbonyl (C=O) groups is 1. The Morgan fingerprint density at radius 2 is 2.00 bits per heavy atom. The minimum atomic E-state index is -0.891. The minimum absolute atomic E-state index is 0.273. The van der Waals surface area contributed by atoms with E-state index >= 15 is 0 Å². The Bertz CT molecular complexity index is 1130. The molecule has 0 fully saturated rings. The third-order valence-corrected chi connectivity index (χ3v) is 6.74. The van der Waals surface area contributed by atoms with Crippen LogP contribution in [0, 0.1) is 30.1 Å². The molecule has 0 saturated heterocycles. The SMILES string of the molecule is Cc1cc(N2N=C3c4ccc(C(=O)O)cc4CCC3C2C2CC=CC2)ccc1C#N. The van der Waals surface area contributed by atoms with Gasteiger partial charge in [0, 0.05) is 11.5 Å². The van der Waals surface area contributed by atoms with Crippen molar-refractivity contribution in [3.05, 3.63) is 76.4 Å². The van der Waals surface area contributed by atoms with Gasteiger partial charge < -0.3 is 5.11 Å². The fraction of sp³-hybridized carbons (Fsp3) is 0.320. The van der Waals surface area contributed by atoms with Gasteiger partial charge in [-0.15, -0.1) is 0 Å². The highest BCUT2D eigenvalue weighted by Crippen LogP contribution is 2.43. The third kappa shape index (κ3) is 2.91. The van der Waals surface area contributed by atoms with E-state index in [0.29, 0.717) is 23.0 Å². The number of fused-ring (bicyclic) bond motifs is 3. The predicted octanol–water partition coefficient (Wildman–Crippen LogP) is 4.69. The molecular formula is C25H23N3O2. The van der Waals surface area contributed by atoms with E-state index < -0.39 is 5.97 Å². The maximum atomic E-state index is 11.4. The lowest BCUT2D eigenvalue weighted by molar-refractivity contribution is 0.0696. The molecule has 5 nitrogen and oxygen atoms in total. The number of benzene rings is 2. The molecule has 0 saturated carbocycles. The maximum Gasteiger partial charge on any atom is 0.335 e. The van der Waals surface area contributed by atoms with Crippen molar-refractivity contribution in [2.75, 3.05) is 5.01 Å². The van der Waals surface area contributed by atoms with Gasteiger partial charge in [0.25, 0.3) is 0 Å². The van der Waals surface area contributed by atoms with Crippen LogP contribution in [0.3, 0.4) is 0 Å². The van der Waals surface area contributed by atoms with Gasteiger partial charge in [0.2, 0.25) is 0 Å². The van der Waals surface area contributed by atoms with Crippen LogP contribution in [0.25, 0.3) is 0 Å². The summed E-state index contributed by atoms with van der Waals surface area (Å²) in [6.07, 6.45) is 8.49. The molecule has 3 aliphatic rings. The Morgan fingerprint density at radius 3 is 2.70 bits per heavy atom. The van der Waals surface area contributed by atoms with Gasteiger partial charge in [-0.1, -0.05) is 18.2 Å². The van der Waals surface area contributed by atoms with E-state index in [0.717, 1.165) is 53.8 Å². The highest BCUT2D eigenvalue weighted by Gasteiger charge is 2.45. The Hall–Kier alpha value is -3.39. The first-order valence-electron chi connectivity index (χ1n) is 10.5. The smallest absolute Gasteiger partial charge is 0.335 e. The lowest BCUT2D eigenvalue weighted by atomic mass is 9.74. The highest BCUT2D eigenvalue weighted by atomic mass is 16.4. The number of nitriles is 1. The molecule has 0 spiro atoms. The summed E-state index contributed by atoms with van der Waals surface area (Å²) < 4.78 is 0. The van der Waals surface area contributed by atoms with Gasteiger partial charge in [-0.2, -0.15) is 10.4 Å². The number of aromatic carboxylic acids is 1. The van der Waals surface area contributed by atoms with Gasteiger partial charge in [-0.25, -0.2) is 4.79 Å². The predicted molar refractivity (Wildman–Crippen MR) is 116 cm³/mol. The van der Waals surface area contributed by atoms with Gasteiger partial charge in [-0.05, 0) is 80.0 Å².